The summed E-state index contributed by atoms with van der Waals surface area (Å²) in [5.74, 6) is -1.27. The Balaban J connectivity index is 1.79. The number of hydrogen-bond donors (Lipinski definition) is 3. The molecular formula is C20H20N3O6S+. The summed E-state index contributed by atoms with van der Waals surface area (Å²) in [6.07, 6.45) is 0. The van der Waals surface area contributed by atoms with Gasteiger partial charge in [0, 0.05) is 12.1 Å². The Hall–Kier alpha value is -3.53. The van der Waals surface area contributed by atoms with Crippen LogP contribution in [0.3, 0.4) is 0 Å². The zero-order valence-corrected chi connectivity index (χ0v) is 17.3. The molecule has 2 aromatic carbocycles. The van der Waals surface area contributed by atoms with Gasteiger partial charge in [-0.15, -0.1) is 0 Å². The molecular weight excluding hydrogens is 410 g/mol. The molecule has 1 heterocycles. The number of thioether (sulfide) groups is 1. The molecule has 1 amide bonds. The molecule has 30 heavy (non-hydrogen) atoms. The van der Waals surface area contributed by atoms with Crippen molar-refractivity contribution >= 4 is 29.3 Å². The number of carbonyl (C=O) groups excluding carboxylic acids is 1. The van der Waals surface area contributed by atoms with Gasteiger partial charge < -0.3 is 15.2 Å². The van der Waals surface area contributed by atoms with Crippen LogP contribution < -0.4 is 20.4 Å². The Morgan fingerprint density at radius 3 is 2.57 bits per heavy atom. The monoisotopic (exact) mass is 430 g/mol. The first-order chi connectivity index (χ1) is 14.3. The molecule has 0 aliphatic rings. The largest absolute Gasteiger partial charge is 0.495 e. The van der Waals surface area contributed by atoms with Gasteiger partial charge in [0.25, 0.3) is 0 Å². The molecule has 156 valence electrons. The van der Waals surface area contributed by atoms with E-state index in [9.17, 15) is 14.4 Å². The van der Waals surface area contributed by atoms with Crippen LogP contribution in [0.1, 0.15) is 22.8 Å². The highest BCUT2D eigenvalue weighted by Crippen LogP contribution is 2.27. The first-order valence-electron chi connectivity index (χ1n) is 8.89. The van der Waals surface area contributed by atoms with Crippen molar-refractivity contribution in [3.05, 3.63) is 64.0 Å². The van der Waals surface area contributed by atoms with Crippen molar-refractivity contribution in [3.8, 4) is 11.4 Å². The van der Waals surface area contributed by atoms with Crippen molar-refractivity contribution in [1.82, 2.24) is 5.27 Å². The van der Waals surface area contributed by atoms with Crippen LogP contribution in [0.15, 0.2) is 56.8 Å². The van der Waals surface area contributed by atoms with Crippen molar-refractivity contribution in [1.29, 1.82) is 0 Å². The lowest BCUT2D eigenvalue weighted by Crippen LogP contribution is -2.37. The lowest BCUT2D eigenvalue weighted by Gasteiger charge is -2.13. The second-order valence-corrected chi connectivity index (χ2v) is 7.76. The molecule has 0 saturated heterocycles. The molecule has 3 aromatic rings. The van der Waals surface area contributed by atoms with E-state index in [4.69, 9.17) is 14.4 Å². The van der Waals surface area contributed by atoms with Crippen LogP contribution in [0.2, 0.25) is 0 Å². The number of anilines is 1. The van der Waals surface area contributed by atoms with Crippen molar-refractivity contribution in [2.45, 2.75) is 24.1 Å². The van der Waals surface area contributed by atoms with Gasteiger partial charge in [-0.05, 0) is 53.8 Å². The molecule has 0 fully saturated rings. The number of nitrogens with zero attached hydrogens (tertiary/aromatic N) is 1. The number of rotatable bonds is 7. The van der Waals surface area contributed by atoms with Gasteiger partial charge in [0.15, 0.2) is 0 Å². The quantitative estimate of drug-likeness (QED) is 0.388. The second kappa shape index (κ2) is 8.87. The van der Waals surface area contributed by atoms with Crippen LogP contribution in [0.4, 0.5) is 5.69 Å². The third-order valence-corrected chi connectivity index (χ3v) is 5.40. The number of aryl methyl sites for hydroxylation is 1. The van der Waals surface area contributed by atoms with Crippen molar-refractivity contribution in [2.75, 3.05) is 12.4 Å². The Morgan fingerprint density at radius 2 is 1.93 bits per heavy atom. The summed E-state index contributed by atoms with van der Waals surface area (Å²) in [5.41, 5.74) is 1.52. The third-order valence-electron chi connectivity index (χ3n) is 4.26. The number of nitrogens with one attached hydrogen (secondary N) is 2. The summed E-state index contributed by atoms with van der Waals surface area (Å²) in [6.45, 7) is 3.59. The fourth-order valence-corrected chi connectivity index (χ4v) is 3.50. The summed E-state index contributed by atoms with van der Waals surface area (Å²) >= 11 is 1.03. The van der Waals surface area contributed by atoms with E-state index in [-0.39, 0.29) is 16.3 Å². The average Bonchev–Trinajstić information content (AvgIpc) is 3.08. The number of benzene rings is 2. The van der Waals surface area contributed by atoms with Gasteiger partial charge >= 0.3 is 16.6 Å². The van der Waals surface area contributed by atoms with Gasteiger partial charge in [-0.2, -0.15) is 0 Å². The number of hydrogen-bond acceptors (Lipinski definition) is 6. The number of amides is 1. The molecule has 1 unspecified atom stereocenters. The van der Waals surface area contributed by atoms with Crippen LogP contribution in [-0.2, 0) is 4.79 Å². The molecule has 0 bridgehead atoms. The average molecular weight is 430 g/mol. The van der Waals surface area contributed by atoms with Gasteiger partial charge in [0.2, 0.25) is 11.6 Å². The lowest BCUT2D eigenvalue weighted by molar-refractivity contribution is -0.704. The van der Waals surface area contributed by atoms with E-state index in [1.807, 2.05) is 31.2 Å². The Morgan fingerprint density at radius 1 is 1.23 bits per heavy atom. The zero-order valence-electron chi connectivity index (χ0n) is 16.5. The highest BCUT2D eigenvalue weighted by atomic mass is 32.2. The minimum Gasteiger partial charge on any atom is -0.495 e. The Labute approximate surface area is 175 Å². The number of ether oxygens (including phenoxy) is 1. The molecule has 10 heteroatoms. The molecule has 3 rings (SSSR count). The molecule has 0 aliphatic heterocycles. The van der Waals surface area contributed by atoms with E-state index in [1.54, 1.807) is 6.92 Å². The summed E-state index contributed by atoms with van der Waals surface area (Å²) in [5, 5.41) is 13.9. The van der Waals surface area contributed by atoms with E-state index in [0.29, 0.717) is 11.4 Å². The summed E-state index contributed by atoms with van der Waals surface area (Å²) < 4.78 is 11.5. The lowest BCUT2D eigenvalue weighted by atomic mass is 10.2. The number of carboxylic acids is 1. The summed E-state index contributed by atoms with van der Waals surface area (Å²) in [4.78, 5) is 35.9. The fraction of sp³-hybridized carbons (Fsp3) is 0.200. The summed E-state index contributed by atoms with van der Waals surface area (Å²) in [6, 6.07) is 11.6. The number of aromatic nitrogens is 2. The first kappa shape index (κ1) is 21.2. The minimum absolute atomic E-state index is 0.0383. The van der Waals surface area contributed by atoms with E-state index in [1.165, 1.54) is 30.0 Å². The standard InChI is InChI=1S/C20H19N3O6S/c1-11-4-7-14(8-5-11)23-18(20(27)29-22-23)30-12(2)17(24)21-15-9-6-13(19(25)26)10-16(15)28-3/h4-10,12H,1-3H3,(H2-,21,22,24,25,26,27)/p+1. The molecule has 0 saturated carbocycles. The molecule has 1 atom stereocenters. The van der Waals surface area contributed by atoms with Crippen molar-refractivity contribution in [2.24, 2.45) is 0 Å². The number of aromatic carboxylic acids is 1. The van der Waals surface area contributed by atoms with Gasteiger partial charge in [-0.3, -0.25) is 9.32 Å². The topological polar surface area (TPSA) is 126 Å². The van der Waals surface area contributed by atoms with Gasteiger partial charge in [0.1, 0.15) is 5.75 Å². The SMILES string of the molecule is COc1cc(C(=O)O)ccc1NC(=O)C(C)Sc1c(=O)o[nH][n+]1-c1ccc(C)cc1. The molecule has 0 aliphatic carbocycles. The van der Waals surface area contributed by atoms with Crippen LogP contribution in [0.25, 0.3) is 5.69 Å². The molecule has 1 aromatic heterocycles. The maximum absolute atomic E-state index is 12.7. The first-order valence-corrected chi connectivity index (χ1v) is 9.77. The maximum atomic E-state index is 12.7. The number of methoxy groups -OCH3 is 1. The van der Waals surface area contributed by atoms with E-state index >= 15 is 0 Å². The molecule has 9 nitrogen and oxygen atoms in total. The van der Waals surface area contributed by atoms with E-state index < -0.39 is 22.8 Å². The number of carbonyl (C=O) groups is 2. The van der Waals surface area contributed by atoms with Crippen LogP contribution in [0, 0.1) is 6.92 Å². The maximum Gasteiger partial charge on any atom is 0.442 e. The Bertz CT molecular complexity index is 1140. The Kier molecular flexibility index (Phi) is 6.26. The normalized spacial score (nSPS) is 11.7. The predicted octanol–water partition coefficient (Wildman–Crippen LogP) is 2.38. The van der Waals surface area contributed by atoms with E-state index in [2.05, 4.69) is 10.6 Å². The molecule has 0 radical (unpaired) electrons. The van der Waals surface area contributed by atoms with Crippen molar-refractivity contribution < 1.29 is 28.6 Å². The minimum atomic E-state index is -1.10. The number of carboxylic acid groups (broad SMARTS) is 1. The van der Waals surface area contributed by atoms with Gasteiger partial charge in [-0.25, -0.2) is 9.59 Å². The van der Waals surface area contributed by atoms with Crippen LogP contribution in [-0.4, -0.2) is 34.6 Å². The predicted molar refractivity (Wildman–Crippen MR) is 109 cm³/mol. The third kappa shape index (κ3) is 4.54. The fourth-order valence-electron chi connectivity index (χ4n) is 2.61. The number of aromatic amines is 1. The van der Waals surface area contributed by atoms with Crippen molar-refractivity contribution in [3.63, 3.8) is 0 Å². The second-order valence-electron chi connectivity index (χ2n) is 6.43. The zero-order chi connectivity index (χ0) is 21.8. The highest BCUT2D eigenvalue weighted by molar-refractivity contribution is 8.00. The molecule has 3 N–H and O–H groups in total. The highest BCUT2D eigenvalue weighted by Gasteiger charge is 2.29. The van der Waals surface area contributed by atoms with E-state index in [0.717, 1.165) is 17.3 Å². The van der Waals surface area contributed by atoms with Gasteiger partial charge in [0.05, 0.1) is 23.6 Å². The molecule has 0 spiro atoms. The van der Waals surface area contributed by atoms with Crippen LogP contribution in [0.5, 0.6) is 5.75 Å². The number of H-pyrrole nitrogens is 1. The smallest absolute Gasteiger partial charge is 0.442 e. The van der Waals surface area contributed by atoms with Crippen LogP contribution >= 0.6 is 11.8 Å². The summed E-state index contributed by atoms with van der Waals surface area (Å²) in [7, 11) is 1.38. The van der Waals surface area contributed by atoms with Gasteiger partial charge in [-0.1, -0.05) is 17.7 Å².